The fourth-order valence-corrected chi connectivity index (χ4v) is 3.04. The predicted molar refractivity (Wildman–Crippen MR) is 90.5 cm³/mol. The average molecular weight is 288 g/mol. The molecule has 0 radical (unpaired) electrons. The average Bonchev–Trinajstić information content (AvgIpc) is 2.95. The van der Waals surface area contributed by atoms with Gasteiger partial charge in [0.2, 0.25) is 0 Å². The lowest BCUT2D eigenvalue weighted by atomic mass is 10.1. The molecule has 0 saturated heterocycles. The lowest BCUT2D eigenvalue weighted by molar-refractivity contribution is 0.368. The van der Waals surface area contributed by atoms with Crippen LogP contribution in [0, 0.1) is 0 Å². The Morgan fingerprint density at radius 3 is 2.64 bits per heavy atom. The van der Waals surface area contributed by atoms with Crippen molar-refractivity contribution in [2.45, 2.75) is 0 Å². The summed E-state index contributed by atoms with van der Waals surface area (Å²) in [6.07, 6.45) is 1.77. The SMILES string of the molecule is C=CCOc1c2c3ccccc3nc-2n(C)c2ccccc12. The molecule has 2 aliphatic rings. The second-order valence-corrected chi connectivity index (χ2v) is 5.33. The van der Waals surface area contributed by atoms with Gasteiger partial charge in [0.1, 0.15) is 18.2 Å². The van der Waals surface area contributed by atoms with E-state index in [1.165, 1.54) is 0 Å². The zero-order valence-electron chi connectivity index (χ0n) is 12.4. The van der Waals surface area contributed by atoms with Crippen molar-refractivity contribution in [3.05, 3.63) is 61.2 Å². The molecule has 3 nitrogen and oxygen atoms in total. The van der Waals surface area contributed by atoms with E-state index in [9.17, 15) is 0 Å². The largest absolute Gasteiger partial charge is 0.488 e. The Morgan fingerprint density at radius 1 is 1.09 bits per heavy atom. The van der Waals surface area contributed by atoms with E-state index in [4.69, 9.17) is 9.72 Å². The molecule has 108 valence electrons. The zero-order valence-corrected chi connectivity index (χ0v) is 12.4. The number of pyridine rings is 1. The predicted octanol–water partition coefficient (Wildman–Crippen LogP) is 4.40. The molecule has 3 heteroatoms. The number of aryl methyl sites for hydroxylation is 1. The van der Waals surface area contributed by atoms with Crippen LogP contribution in [0.25, 0.3) is 33.2 Å². The van der Waals surface area contributed by atoms with Crippen LogP contribution < -0.4 is 4.74 Å². The highest BCUT2D eigenvalue weighted by atomic mass is 16.5. The molecule has 2 aromatic rings. The van der Waals surface area contributed by atoms with Gasteiger partial charge in [0, 0.05) is 17.8 Å². The monoisotopic (exact) mass is 288 g/mol. The highest BCUT2D eigenvalue weighted by Gasteiger charge is 2.22. The van der Waals surface area contributed by atoms with E-state index in [0.29, 0.717) is 6.61 Å². The van der Waals surface area contributed by atoms with E-state index in [0.717, 1.165) is 38.9 Å². The highest BCUT2D eigenvalue weighted by Crippen LogP contribution is 2.43. The highest BCUT2D eigenvalue weighted by molar-refractivity contribution is 6.06. The first-order chi connectivity index (χ1) is 10.8. The summed E-state index contributed by atoms with van der Waals surface area (Å²) in [7, 11) is 2.05. The number of fused-ring (bicyclic) bond motifs is 4. The molecule has 0 aliphatic carbocycles. The van der Waals surface area contributed by atoms with Gasteiger partial charge in [-0.15, -0.1) is 0 Å². The minimum atomic E-state index is 0.479. The Balaban J connectivity index is 2.21. The smallest absolute Gasteiger partial charge is 0.145 e. The van der Waals surface area contributed by atoms with Gasteiger partial charge in [-0.3, -0.25) is 0 Å². The lowest BCUT2D eigenvalue weighted by Gasteiger charge is -2.17. The van der Waals surface area contributed by atoms with E-state index in [1.807, 2.05) is 37.4 Å². The van der Waals surface area contributed by atoms with Crippen LogP contribution in [0.15, 0.2) is 61.2 Å². The molecule has 2 aliphatic heterocycles. The summed E-state index contributed by atoms with van der Waals surface area (Å²) in [5.41, 5.74) is 3.17. The molecule has 22 heavy (non-hydrogen) atoms. The topological polar surface area (TPSA) is 27.1 Å². The van der Waals surface area contributed by atoms with E-state index in [1.54, 1.807) is 6.08 Å². The van der Waals surface area contributed by atoms with Gasteiger partial charge in [-0.05, 0) is 18.2 Å². The molecular weight excluding hydrogens is 272 g/mol. The van der Waals surface area contributed by atoms with Crippen LogP contribution >= 0.6 is 0 Å². The molecular formula is C19H16N2O. The molecule has 2 aromatic carbocycles. The van der Waals surface area contributed by atoms with Crippen LogP contribution in [0.1, 0.15) is 0 Å². The molecule has 0 unspecified atom stereocenters. The fourth-order valence-electron chi connectivity index (χ4n) is 3.04. The molecule has 0 amide bonds. The number of hydrogen-bond donors (Lipinski definition) is 0. The minimum absolute atomic E-state index is 0.479. The van der Waals surface area contributed by atoms with Crippen molar-refractivity contribution in [3.63, 3.8) is 0 Å². The number of hydrogen-bond acceptors (Lipinski definition) is 2. The van der Waals surface area contributed by atoms with Crippen molar-refractivity contribution < 1.29 is 4.74 Å². The van der Waals surface area contributed by atoms with E-state index < -0.39 is 0 Å². The van der Waals surface area contributed by atoms with Crippen molar-refractivity contribution in [1.29, 1.82) is 0 Å². The maximum absolute atomic E-state index is 6.03. The van der Waals surface area contributed by atoms with Gasteiger partial charge >= 0.3 is 0 Å². The first-order valence-corrected chi connectivity index (χ1v) is 7.31. The molecule has 2 heterocycles. The van der Waals surface area contributed by atoms with E-state index in [-0.39, 0.29) is 0 Å². The Labute approximate surface area is 128 Å². The summed E-state index contributed by atoms with van der Waals surface area (Å²) in [4.78, 5) is 4.79. The molecule has 0 spiro atoms. The third-order valence-electron chi connectivity index (χ3n) is 4.02. The number of nitrogens with zero attached hydrogens (tertiary/aromatic N) is 2. The van der Waals surface area contributed by atoms with Gasteiger partial charge in [-0.25, -0.2) is 4.98 Å². The summed E-state index contributed by atoms with van der Waals surface area (Å²) < 4.78 is 8.16. The van der Waals surface area contributed by atoms with Crippen molar-refractivity contribution in [3.8, 4) is 17.1 Å². The lowest BCUT2D eigenvalue weighted by Crippen LogP contribution is -2.04. The second kappa shape index (κ2) is 4.88. The molecule has 0 N–H and O–H groups in total. The Hall–Kier alpha value is -2.81. The van der Waals surface area contributed by atoms with Gasteiger partial charge in [0.15, 0.2) is 0 Å². The van der Waals surface area contributed by atoms with Crippen LogP contribution in [0.4, 0.5) is 0 Å². The van der Waals surface area contributed by atoms with Crippen molar-refractivity contribution in [1.82, 2.24) is 9.55 Å². The number of ether oxygens (including phenoxy) is 1. The van der Waals surface area contributed by atoms with Crippen molar-refractivity contribution in [2.75, 3.05) is 6.61 Å². The first kappa shape index (κ1) is 12.9. The van der Waals surface area contributed by atoms with Gasteiger partial charge in [0.05, 0.1) is 16.6 Å². The number of rotatable bonds is 3. The Morgan fingerprint density at radius 2 is 1.82 bits per heavy atom. The molecule has 0 saturated carbocycles. The maximum Gasteiger partial charge on any atom is 0.145 e. The van der Waals surface area contributed by atoms with E-state index >= 15 is 0 Å². The Kier molecular flexibility index (Phi) is 2.86. The third-order valence-corrected chi connectivity index (χ3v) is 4.02. The van der Waals surface area contributed by atoms with Crippen LogP contribution in [0.3, 0.4) is 0 Å². The second-order valence-electron chi connectivity index (χ2n) is 5.33. The number of para-hydroxylation sites is 2. The maximum atomic E-state index is 6.03. The number of benzene rings is 2. The summed E-state index contributed by atoms with van der Waals surface area (Å²) in [6.45, 7) is 4.24. The van der Waals surface area contributed by atoms with Gasteiger partial charge in [-0.2, -0.15) is 0 Å². The Bertz CT molecular complexity index is 968. The number of aromatic nitrogens is 2. The molecule has 0 atom stereocenters. The molecule has 0 aromatic heterocycles. The van der Waals surface area contributed by atoms with Gasteiger partial charge in [-0.1, -0.05) is 43.0 Å². The van der Waals surface area contributed by atoms with Crippen LogP contribution in [0.5, 0.6) is 5.75 Å². The summed E-state index contributed by atoms with van der Waals surface area (Å²) in [6, 6.07) is 16.4. The van der Waals surface area contributed by atoms with Crippen molar-refractivity contribution >= 4 is 21.8 Å². The fraction of sp³-hybridized carbons (Fsp3) is 0.105. The standard InChI is InChI=1S/C19H16N2O/c1-3-12-22-18-14-9-5-7-11-16(14)21(2)19-17(18)13-8-4-6-10-15(13)20-19/h3-11H,1,12H2,2H3. The van der Waals surface area contributed by atoms with Crippen molar-refractivity contribution in [2.24, 2.45) is 7.05 Å². The summed E-state index contributed by atoms with van der Waals surface area (Å²) >= 11 is 0. The van der Waals surface area contributed by atoms with Crippen LogP contribution in [-0.2, 0) is 7.05 Å². The normalized spacial score (nSPS) is 11.3. The van der Waals surface area contributed by atoms with Crippen LogP contribution in [-0.4, -0.2) is 16.2 Å². The minimum Gasteiger partial charge on any atom is -0.488 e. The quantitative estimate of drug-likeness (QED) is 0.523. The third kappa shape index (κ3) is 1.72. The molecule has 0 fully saturated rings. The van der Waals surface area contributed by atoms with Gasteiger partial charge < -0.3 is 9.30 Å². The zero-order chi connectivity index (χ0) is 15.1. The summed E-state index contributed by atoms with van der Waals surface area (Å²) in [5, 5.41) is 2.22. The summed E-state index contributed by atoms with van der Waals surface area (Å²) in [5.74, 6) is 1.83. The van der Waals surface area contributed by atoms with Crippen LogP contribution in [0.2, 0.25) is 0 Å². The molecule has 4 rings (SSSR count). The van der Waals surface area contributed by atoms with E-state index in [2.05, 4.69) is 29.3 Å². The first-order valence-electron chi connectivity index (χ1n) is 7.31. The van der Waals surface area contributed by atoms with Gasteiger partial charge in [0.25, 0.3) is 0 Å². The molecule has 0 bridgehead atoms.